The van der Waals surface area contributed by atoms with Crippen molar-refractivity contribution < 1.29 is 18.0 Å². The van der Waals surface area contributed by atoms with Crippen LogP contribution in [0.5, 0.6) is 0 Å². The number of halogens is 3. The van der Waals surface area contributed by atoms with Crippen LogP contribution in [0.3, 0.4) is 0 Å². The number of rotatable bonds is 3. The predicted octanol–water partition coefficient (Wildman–Crippen LogP) is 1.77. The maximum atomic E-state index is 12.4. The summed E-state index contributed by atoms with van der Waals surface area (Å²) in [5.74, 6) is -0.299. The fourth-order valence-corrected chi connectivity index (χ4v) is 1.91. The third-order valence-electron chi connectivity index (χ3n) is 3.08. The summed E-state index contributed by atoms with van der Waals surface area (Å²) in [5.41, 5.74) is 4.70. The Bertz CT molecular complexity index is 449. The first-order valence-corrected chi connectivity index (χ1v) is 5.56. The second-order valence-electron chi connectivity index (χ2n) is 4.41. The first kappa shape index (κ1) is 12.9. The lowest BCUT2D eigenvalue weighted by Crippen LogP contribution is -2.38. The standard InChI is InChI=1S/C12H13F3N2O/c13-12(14,15)9-3-1-8(2-4-9)11(5-6-11)17-10(18)7-16/h1-4H,5-7,16H2,(H,17,18). The number of nitrogens with two attached hydrogens (primary N) is 1. The molecule has 98 valence electrons. The Labute approximate surface area is 102 Å². The van der Waals surface area contributed by atoms with Gasteiger partial charge < -0.3 is 11.1 Å². The second-order valence-corrected chi connectivity index (χ2v) is 4.41. The molecular formula is C12H13F3N2O. The van der Waals surface area contributed by atoms with E-state index in [4.69, 9.17) is 5.73 Å². The van der Waals surface area contributed by atoms with E-state index in [9.17, 15) is 18.0 Å². The van der Waals surface area contributed by atoms with Gasteiger partial charge in [-0.1, -0.05) is 12.1 Å². The van der Waals surface area contributed by atoms with Gasteiger partial charge in [0.05, 0.1) is 17.6 Å². The minimum absolute atomic E-state index is 0.123. The van der Waals surface area contributed by atoms with Crippen LogP contribution in [-0.4, -0.2) is 12.5 Å². The average molecular weight is 258 g/mol. The molecule has 0 aliphatic heterocycles. The predicted molar refractivity (Wildman–Crippen MR) is 59.6 cm³/mol. The van der Waals surface area contributed by atoms with E-state index >= 15 is 0 Å². The van der Waals surface area contributed by atoms with Gasteiger partial charge in [0, 0.05) is 0 Å². The maximum Gasteiger partial charge on any atom is 0.416 e. The molecule has 2 rings (SSSR count). The van der Waals surface area contributed by atoms with Gasteiger partial charge in [-0.3, -0.25) is 4.79 Å². The second kappa shape index (κ2) is 4.28. The number of hydrogen-bond acceptors (Lipinski definition) is 2. The molecule has 0 aromatic heterocycles. The minimum atomic E-state index is -4.34. The Hall–Kier alpha value is -1.56. The van der Waals surface area contributed by atoms with Crippen molar-refractivity contribution in [2.45, 2.75) is 24.6 Å². The summed E-state index contributed by atoms with van der Waals surface area (Å²) < 4.78 is 37.2. The summed E-state index contributed by atoms with van der Waals surface area (Å²) in [4.78, 5) is 11.3. The molecule has 1 aliphatic rings. The Morgan fingerprint density at radius 3 is 2.22 bits per heavy atom. The highest BCUT2D eigenvalue weighted by Crippen LogP contribution is 2.45. The Kier molecular flexibility index (Phi) is 3.06. The number of carbonyl (C=O) groups is 1. The molecule has 0 bridgehead atoms. The summed E-state index contributed by atoms with van der Waals surface area (Å²) in [5, 5.41) is 2.75. The zero-order valence-electron chi connectivity index (χ0n) is 9.55. The fourth-order valence-electron chi connectivity index (χ4n) is 1.91. The summed E-state index contributed by atoms with van der Waals surface area (Å²) in [6.45, 7) is -0.123. The topological polar surface area (TPSA) is 55.1 Å². The van der Waals surface area contributed by atoms with Crippen LogP contribution in [0, 0.1) is 0 Å². The van der Waals surface area contributed by atoms with Crippen LogP contribution in [0.25, 0.3) is 0 Å². The fraction of sp³-hybridized carbons (Fsp3) is 0.417. The van der Waals surface area contributed by atoms with Gasteiger partial charge in [0.1, 0.15) is 0 Å². The van der Waals surface area contributed by atoms with Crippen LogP contribution in [0.4, 0.5) is 13.2 Å². The summed E-state index contributed by atoms with van der Waals surface area (Å²) in [6.07, 6.45) is -2.88. The maximum absolute atomic E-state index is 12.4. The molecule has 18 heavy (non-hydrogen) atoms. The molecule has 0 unspecified atom stereocenters. The molecular weight excluding hydrogens is 245 g/mol. The van der Waals surface area contributed by atoms with E-state index in [0.717, 1.165) is 25.0 Å². The lowest BCUT2D eigenvalue weighted by Gasteiger charge is -2.18. The third kappa shape index (κ3) is 2.48. The van der Waals surface area contributed by atoms with Crippen molar-refractivity contribution in [1.29, 1.82) is 0 Å². The first-order chi connectivity index (χ1) is 8.37. The molecule has 1 aliphatic carbocycles. The van der Waals surface area contributed by atoms with Crippen molar-refractivity contribution in [2.24, 2.45) is 5.73 Å². The molecule has 0 saturated heterocycles. The molecule has 3 N–H and O–H groups in total. The van der Waals surface area contributed by atoms with Crippen molar-refractivity contribution in [3.05, 3.63) is 35.4 Å². The first-order valence-electron chi connectivity index (χ1n) is 5.56. The van der Waals surface area contributed by atoms with Gasteiger partial charge in [0.15, 0.2) is 0 Å². The largest absolute Gasteiger partial charge is 0.416 e. The monoisotopic (exact) mass is 258 g/mol. The summed E-state index contributed by atoms with van der Waals surface area (Å²) in [7, 11) is 0. The lowest BCUT2D eigenvalue weighted by atomic mass is 10.0. The molecule has 0 radical (unpaired) electrons. The number of nitrogens with one attached hydrogen (secondary N) is 1. The van der Waals surface area contributed by atoms with E-state index in [1.807, 2.05) is 0 Å². The summed E-state index contributed by atoms with van der Waals surface area (Å²) in [6, 6.07) is 4.88. The molecule has 0 atom stereocenters. The van der Waals surface area contributed by atoms with Crippen LogP contribution < -0.4 is 11.1 Å². The number of carbonyl (C=O) groups excluding carboxylic acids is 1. The van der Waals surface area contributed by atoms with E-state index in [1.165, 1.54) is 12.1 Å². The van der Waals surface area contributed by atoms with Crippen LogP contribution >= 0.6 is 0 Å². The number of alkyl halides is 3. The molecule has 1 aromatic rings. The van der Waals surface area contributed by atoms with Gasteiger partial charge >= 0.3 is 6.18 Å². The zero-order chi connectivity index (χ0) is 13.4. The zero-order valence-corrected chi connectivity index (χ0v) is 9.55. The van der Waals surface area contributed by atoms with Gasteiger partial charge in [-0.15, -0.1) is 0 Å². The van der Waals surface area contributed by atoms with Crippen LogP contribution in [0.1, 0.15) is 24.0 Å². The quantitative estimate of drug-likeness (QED) is 0.868. The van der Waals surface area contributed by atoms with Gasteiger partial charge in [-0.2, -0.15) is 13.2 Å². The van der Waals surface area contributed by atoms with E-state index in [-0.39, 0.29) is 12.5 Å². The molecule has 6 heteroatoms. The highest BCUT2D eigenvalue weighted by molar-refractivity contribution is 5.79. The highest BCUT2D eigenvalue weighted by atomic mass is 19.4. The lowest BCUT2D eigenvalue weighted by molar-refractivity contribution is -0.137. The van der Waals surface area contributed by atoms with Crippen molar-refractivity contribution in [2.75, 3.05) is 6.54 Å². The van der Waals surface area contributed by atoms with Gasteiger partial charge in [-0.05, 0) is 30.5 Å². The SMILES string of the molecule is NCC(=O)NC1(c2ccc(C(F)(F)F)cc2)CC1. The minimum Gasteiger partial charge on any atom is -0.345 e. The van der Waals surface area contributed by atoms with Crippen molar-refractivity contribution in [3.8, 4) is 0 Å². The Morgan fingerprint density at radius 1 is 1.28 bits per heavy atom. The third-order valence-corrected chi connectivity index (χ3v) is 3.08. The Morgan fingerprint density at radius 2 is 1.83 bits per heavy atom. The molecule has 0 heterocycles. The molecule has 1 saturated carbocycles. The van der Waals surface area contributed by atoms with E-state index < -0.39 is 17.3 Å². The summed E-state index contributed by atoms with van der Waals surface area (Å²) >= 11 is 0. The number of hydrogen-bond donors (Lipinski definition) is 2. The van der Waals surface area contributed by atoms with Crippen LogP contribution in [0.15, 0.2) is 24.3 Å². The van der Waals surface area contributed by atoms with E-state index in [0.29, 0.717) is 5.56 Å². The normalized spacial score (nSPS) is 17.3. The highest BCUT2D eigenvalue weighted by Gasteiger charge is 2.45. The average Bonchev–Trinajstić information content (AvgIpc) is 3.09. The molecule has 1 aromatic carbocycles. The molecule has 3 nitrogen and oxygen atoms in total. The molecule has 1 amide bonds. The molecule has 0 spiro atoms. The number of benzene rings is 1. The van der Waals surface area contributed by atoms with E-state index in [2.05, 4.69) is 5.32 Å². The van der Waals surface area contributed by atoms with Gasteiger partial charge in [0.25, 0.3) is 0 Å². The Balaban J connectivity index is 2.17. The number of amides is 1. The molecule has 1 fully saturated rings. The van der Waals surface area contributed by atoms with Crippen LogP contribution in [0.2, 0.25) is 0 Å². The van der Waals surface area contributed by atoms with E-state index in [1.54, 1.807) is 0 Å². The van der Waals surface area contributed by atoms with Gasteiger partial charge in [-0.25, -0.2) is 0 Å². The van der Waals surface area contributed by atoms with Gasteiger partial charge in [0.2, 0.25) is 5.91 Å². The van der Waals surface area contributed by atoms with Crippen LogP contribution in [-0.2, 0) is 16.5 Å². The van der Waals surface area contributed by atoms with Crippen molar-refractivity contribution in [3.63, 3.8) is 0 Å². The smallest absolute Gasteiger partial charge is 0.345 e. The van der Waals surface area contributed by atoms with Crippen molar-refractivity contribution in [1.82, 2.24) is 5.32 Å². The van der Waals surface area contributed by atoms with Crippen molar-refractivity contribution >= 4 is 5.91 Å².